The Bertz CT molecular complexity index is 426. The lowest BCUT2D eigenvalue weighted by Crippen LogP contribution is -2.49. The number of oxime groups is 1. The van der Waals surface area contributed by atoms with Crippen molar-refractivity contribution < 1.29 is 24.3 Å². The molecule has 0 bridgehead atoms. The van der Waals surface area contributed by atoms with E-state index in [9.17, 15) is 9.59 Å². The highest BCUT2D eigenvalue weighted by Gasteiger charge is 2.43. The zero-order valence-corrected chi connectivity index (χ0v) is 11.3. The van der Waals surface area contributed by atoms with E-state index in [-0.39, 0.29) is 17.7 Å². The van der Waals surface area contributed by atoms with Crippen LogP contribution in [-0.4, -0.2) is 52.6 Å². The fraction of sp³-hybridized carbons (Fsp3) is 0.750. The Morgan fingerprint density at radius 3 is 2.74 bits per heavy atom. The molecule has 0 saturated carbocycles. The van der Waals surface area contributed by atoms with Gasteiger partial charge in [-0.1, -0.05) is 5.16 Å². The van der Waals surface area contributed by atoms with Gasteiger partial charge in [-0.2, -0.15) is 0 Å². The van der Waals surface area contributed by atoms with Gasteiger partial charge in [0.15, 0.2) is 11.8 Å². The number of ether oxygens (including phenoxy) is 1. The molecule has 2 unspecified atom stereocenters. The maximum absolute atomic E-state index is 11.9. The van der Waals surface area contributed by atoms with Crippen LogP contribution in [0.4, 0.5) is 4.79 Å². The molecule has 106 valence electrons. The van der Waals surface area contributed by atoms with Gasteiger partial charge in [0, 0.05) is 6.54 Å². The number of rotatable bonds is 1. The quantitative estimate of drug-likeness (QED) is 0.770. The molecule has 2 aliphatic heterocycles. The van der Waals surface area contributed by atoms with Crippen LogP contribution in [0.1, 0.15) is 27.2 Å². The Morgan fingerprint density at radius 1 is 1.47 bits per heavy atom. The Balaban J connectivity index is 1.95. The van der Waals surface area contributed by atoms with E-state index in [1.54, 1.807) is 20.8 Å². The number of carbonyl (C=O) groups excluding carboxylic acids is 1. The number of amides is 1. The van der Waals surface area contributed by atoms with Gasteiger partial charge in [0.05, 0.1) is 12.5 Å². The Labute approximate surface area is 111 Å². The number of nitrogens with zero attached hydrogens (tertiary/aromatic N) is 2. The molecule has 0 radical (unpaired) electrons. The minimum Gasteiger partial charge on any atom is -0.477 e. The number of fused-ring (bicyclic) bond motifs is 1. The van der Waals surface area contributed by atoms with Gasteiger partial charge in [0.2, 0.25) is 0 Å². The number of carbonyl (C=O) groups is 2. The Kier molecular flexibility index (Phi) is 3.38. The molecule has 1 amide bonds. The van der Waals surface area contributed by atoms with Crippen molar-refractivity contribution in [2.24, 2.45) is 11.1 Å². The van der Waals surface area contributed by atoms with E-state index < -0.39 is 17.7 Å². The molecule has 0 aliphatic carbocycles. The van der Waals surface area contributed by atoms with E-state index in [4.69, 9.17) is 14.7 Å². The first-order chi connectivity index (χ1) is 8.78. The van der Waals surface area contributed by atoms with Crippen LogP contribution in [0.5, 0.6) is 0 Å². The Morgan fingerprint density at radius 2 is 2.16 bits per heavy atom. The van der Waals surface area contributed by atoms with E-state index in [0.29, 0.717) is 19.5 Å². The second-order valence-electron chi connectivity index (χ2n) is 5.75. The van der Waals surface area contributed by atoms with Gasteiger partial charge in [-0.05, 0) is 27.2 Å². The number of likely N-dealkylation sites (tertiary alicyclic amines) is 1. The molecule has 1 N–H and O–H groups in total. The van der Waals surface area contributed by atoms with Gasteiger partial charge in [-0.25, -0.2) is 9.59 Å². The predicted octanol–water partition coefficient (Wildman–Crippen LogP) is 1.08. The Hall–Kier alpha value is -1.79. The van der Waals surface area contributed by atoms with Crippen LogP contribution in [0, 0.1) is 5.92 Å². The number of piperidine rings is 1. The molecule has 2 rings (SSSR count). The van der Waals surface area contributed by atoms with Crippen LogP contribution >= 0.6 is 0 Å². The summed E-state index contributed by atoms with van der Waals surface area (Å²) in [5, 5.41) is 12.6. The SMILES string of the molecule is CC(C)(C)OC(=O)N1CCC2C(C(=O)O)=NOC2C1. The summed E-state index contributed by atoms with van der Waals surface area (Å²) in [6.07, 6.45) is -0.264. The highest BCUT2D eigenvalue weighted by atomic mass is 16.6. The third-order valence-electron chi connectivity index (χ3n) is 3.07. The molecule has 2 heterocycles. The molecule has 7 heteroatoms. The van der Waals surface area contributed by atoms with Crippen molar-refractivity contribution in [1.82, 2.24) is 4.90 Å². The number of aliphatic carboxylic acids is 1. The van der Waals surface area contributed by atoms with Crippen LogP contribution in [0.2, 0.25) is 0 Å². The van der Waals surface area contributed by atoms with Crippen molar-refractivity contribution in [3.05, 3.63) is 0 Å². The van der Waals surface area contributed by atoms with Crippen molar-refractivity contribution in [1.29, 1.82) is 0 Å². The molecular weight excluding hydrogens is 252 g/mol. The summed E-state index contributed by atoms with van der Waals surface area (Å²) in [6.45, 7) is 6.16. The van der Waals surface area contributed by atoms with Gasteiger partial charge in [-0.3, -0.25) is 0 Å². The summed E-state index contributed by atoms with van der Waals surface area (Å²) in [6, 6.07) is 0. The number of carboxylic acid groups (broad SMARTS) is 1. The molecule has 1 saturated heterocycles. The van der Waals surface area contributed by atoms with Crippen molar-refractivity contribution in [2.45, 2.75) is 38.9 Å². The van der Waals surface area contributed by atoms with E-state index in [2.05, 4.69) is 5.16 Å². The summed E-state index contributed by atoms with van der Waals surface area (Å²) in [5.41, 5.74) is -0.499. The maximum atomic E-state index is 11.9. The monoisotopic (exact) mass is 270 g/mol. The fourth-order valence-electron chi connectivity index (χ4n) is 2.22. The summed E-state index contributed by atoms with van der Waals surface area (Å²) in [7, 11) is 0. The van der Waals surface area contributed by atoms with Gasteiger partial charge in [-0.15, -0.1) is 0 Å². The van der Waals surface area contributed by atoms with Crippen LogP contribution in [0.25, 0.3) is 0 Å². The van der Waals surface area contributed by atoms with Crippen molar-refractivity contribution in [3.8, 4) is 0 Å². The second-order valence-corrected chi connectivity index (χ2v) is 5.75. The molecule has 19 heavy (non-hydrogen) atoms. The van der Waals surface area contributed by atoms with Gasteiger partial charge >= 0.3 is 12.1 Å². The zero-order valence-electron chi connectivity index (χ0n) is 11.3. The first kappa shape index (κ1) is 13.6. The smallest absolute Gasteiger partial charge is 0.410 e. The van der Waals surface area contributed by atoms with Gasteiger partial charge < -0.3 is 19.6 Å². The van der Waals surface area contributed by atoms with E-state index in [1.807, 2.05) is 0 Å². The molecule has 0 aromatic carbocycles. The van der Waals surface area contributed by atoms with Crippen LogP contribution < -0.4 is 0 Å². The maximum Gasteiger partial charge on any atom is 0.410 e. The molecule has 7 nitrogen and oxygen atoms in total. The lowest BCUT2D eigenvalue weighted by atomic mass is 9.90. The van der Waals surface area contributed by atoms with Crippen molar-refractivity contribution in [3.63, 3.8) is 0 Å². The van der Waals surface area contributed by atoms with E-state index in [1.165, 1.54) is 4.90 Å². The molecular formula is C12H18N2O5. The highest BCUT2D eigenvalue weighted by molar-refractivity contribution is 6.36. The largest absolute Gasteiger partial charge is 0.477 e. The molecule has 0 aromatic rings. The normalized spacial score (nSPS) is 26.3. The number of hydrogen-bond donors (Lipinski definition) is 1. The van der Waals surface area contributed by atoms with Crippen molar-refractivity contribution in [2.75, 3.05) is 13.1 Å². The lowest BCUT2D eigenvalue weighted by Gasteiger charge is -2.34. The van der Waals surface area contributed by atoms with E-state index >= 15 is 0 Å². The average Bonchev–Trinajstić information content (AvgIpc) is 2.68. The third kappa shape index (κ3) is 2.97. The first-order valence-corrected chi connectivity index (χ1v) is 6.23. The molecule has 2 atom stereocenters. The van der Waals surface area contributed by atoms with Crippen LogP contribution in [0.3, 0.4) is 0 Å². The second kappa shape index (κ2) is 4.71. The standard InChI is InChI=1S/C12H18N2O5/c1-12(2,3)18-11(17)14-5-4-7-8(6-14)19-13-9(7)10(15)16/h7-8H,4-6H2,1-3H3,(H,15,16). The van der Waals surface area contributed by atoms with Crippen molar-refractivity contribution >= 4 is 17.8 Å². The summed E-state index contributed by atoms with van der Waals surface area (Å²) >= 11 is 0. The first-order valence-electron chi connectivity index (χ1n) is 6.23. The van der Waals surface area contributed by atoms with Crippen LogP contribution in [-0.2, 0) is 14.4 Å². The summed E-state index contributed by atoms with van der Waals surface area (Å²) in [5.74, 6) is -1.30. The minimum absolute atomic E-state index is 0.0499. The van der Waals surface area contributed by atoms with Crippen LogP contribution in [0.15, 0.2) is 5.16 Å². The lowest BCUT2D eigenvalue weighted by molar-refractivity contribution is -0.129. The fourth-order valence-corrected chi connectivity index (χ4v) is 2.22. The molecule has 1 fully saturated rings. The highest BCUT2D eigenvalue weighted by Crippen LogP contribution is 2.28. The summed E-state index contributed by atoms with van der Waals surface area (Å²) in [4.78, 5) is 29.5. The van der Waals surface area contributed by atoms with Gasteiger partial charge in [0.25, 0.3) is 0 Å². The number of carboxylic acids is 1. The summed E-state index contributed by atoms with van der Waals surface area (Å²) < 4.78 is 5.28. The predicted molar refractivity (Wildman–Crippen MR) is 65.9 cm³/mol. The minimum atomic E-state index is -1.06. The topological polar surface area (TPSA) is 88.4 Å². The van der Waals surface area contributed by atoms with Gasteiger partial charge in [0.1, 0.15) is 5.60 Å². The average molecular weight is 270 g/mol. The zero-order chi connectivity index (χ0) is 14.2. The molecule has 0 spiro atoms. The molecule has 0 aromatic heterocycles. The number of hydrogen-bond acceptors (Lipinski definition) is 5. The molecule has 2 aliphatic rings. The third-order valence-corrected chi connectivity index (χ3v) is 3.07. The van der Waals surface area contributed by atoms with E-state index in [0.717, 1.165) is 0 Å².